The van der Waals surface area contributed by atoms with Gasteiger partial charge >= 0.3 is 0 Å². The molecule has 1 aliphatic rings. The minimum Gasteiger partial charge on any atom is -0.347 e. The lowest BCUT2D eigenvalue weighted by Crippen LogP contribution is -2.34. The maximum absolute atomic E-state index is 13.4. The van der Waals surface area contributed by atoms with Gasteiger partial charge in [-0.3, -0.25) is 4.79 Å². The fraction of sp³-hybridized carbons (Fsp3) is 0.364. The highest BCUT2D eigenvalue weighted by molar-refractivity contribution is 9.10. The molecule has 1 aromatic rings. The van der Waals surface area contributed by atoms with Crippen molar-refractivity contribution in [3.63, 3.8) is 0 Å². The van der Waals surface area contributed by atoms with E-state index in [1.807, 2.05) is 6.92 Å². The zero-order valence-corrected chi connectivity index (χ0v) is 10.2. The van der Waals surface area contributed by atoms with Crippen LogP contribution in [0.4, 0.5) is 8.78 Å². The summed E-state index contributed by atoms with van der Waals surface area (Å²) in [6.45, 7) is 1.87. The maximum Gasteiger partial charge on any atom is 0.254 e. The van der Waals surface area contributed by atoms with E-state index in [2.05, 4.69) is 21.2 Å². The van der Waals surface area contributed by atoms with Gasteiger partial charge in [-0.05, 0) is 31.9 Å². The molecular formula is C11H10BrF2NO. The van der Waals surface area contributed by atoms with Crippen LogP contribution in [0, 0.1) is 11.6 Å². The third-order valence-electron chi connectivity index (χ3n) is 2.65. The summed E-state index contributed by atoms with van der Waals surface area (Å²) in [7, 11) is 0. The van der Waals surface area contributed by atoms with Crippen LogP contribution < -0.4 is 5.32 Å². The molecule has 5 heteroatoms. The van der Waals surface area contributed by atoms with Crippen LogP contribution in [0.3, 0.4) is 0 Å². The number of hydrogen-bond acceptors (Lipinski definition) is 1. The van der Waals surface area contributed by atoms with E-state index in [-0.39, 0.29) is 11.1 Å². The Hall–Kier alpha value is -0.970. The zero-order chi connectivity index (χ0) is 11.9. The minimum atomic E-state index is -1.11. The average molecular weight is 290 g/mol. The Labute approximate surface area is 100 Å². The number of carbonyl (C=O) groups is 1. The predicted octanol–water partition coefficient (Wildman–Crippen LogP) is 3.01. The zero-order valence-electron chi connectivity index (χ0n) is 8.61. The first-order valence-corrected chi connectivity index (χ1v) is 5.68. The van der Waals surface area contributed by atoms with Crippen LogP contribution in [0.2, 0.25) is 0 Å². The van der Waals surface area contributed by atoms with Gasteiger partial charge in [-0.25, -0.2) is 8.78 Å². The van der Waals surface area contributed by atoms with E-state index < -0.39 is 17.5 Å². The largest absolute Gasteiger partial charge is 0.347 e. The summed E-state index contributed by atoms with van der Waals surface area (Å²) in [4.78, 5) is 11.7. The molecule has 2 nitrogen and oxygen atoms in total. The monoisotopic (exact) mass is 289 g/mol. The lowest BCUT2D eigenvalue weighted by molar-refractivity contribution is 0.0930. The molecule has 0 bridgehead atoms. The standard InChI is InChI=1S/C11H10BrF2NO/c1-11(2-3-11)15-10(16)7-4-6(12)5-8(13)9(7)14/h4-5H,2-3H2,1H3,(H,15,16). The van der Waals surface area contributed by atoms with Crippen molar-refractivity contribution >= 4 is 21.8 Å². The van der Waals surface area contributed by atoms with Crippen LogP contribution in [0.25, 0.3) is 0 Å². The van der Waals surface area contributed by atoms with Crippen LogP contribution in [-0.4, -0.2) is 11.4 Å². The van der Waals surface area contributed by atoms with Gasteiger partial charge in [-0.15, -0.1) is 0 Å². The lowest BCUT2D eigenvalue weighted by Gasteiger charge is -2.12. The quantitative estimate of drug-likeness (QED) is 0.833. The lowest BCUT2D eigenvalue weighted by atomic mass is 10.1. The minimum absolute atomic E-state index is 0.248. The summed E-state index contributed by atoms with van der Waals surface area (Å²) < 4.78 is 26.8. The van der Waals surface area contributed by atoms with Crippen LogP contribution in [0.1, 0.15) is 30.1 Å². The molecule has 86 valence electrons. The van der Waals surface area contributed by atoms with E-state index in [1.165, 1.54) is 6.07 Å². The van der Waals surface area contributed by atoms with Crippen LogP contribution in [0.5, 0.6) is 0 Å². The van der Waals surface area contributed by atoms with Gasteiger partial charge in [0.1, 0.15) is 0 Å². The van der Waals surface area contributed by atoms with Crippen molar-refractivity contribution in [1.82, 2.24) is 5.32 Å². The first-order valence-electron chi connectivity index (χ1n) is 4.88. The summed E-state index contributed by atoms with van der Waals surface area (Å²) in [5.74, 6) is -2.71. The molecule has 0 radical (unpaired) electrons. The molecule has 2 rings (SSSR count). The SMILES string of the molecule is CC1(NC(=O)c2cc(Br)cc(F)c2F)CC1. The van der Waals surface area contributed by atoms with Crippen molar-refractivity contribution < 1.29 is 13.6 Å². The Morgan fingerprint density at radius 1 is 1.44 bits per heavy atom. The maximum atomic E-state index is 13.4. The molecule has 1 fully saturated rings. The van der Waals surface area contributed by atoms with Gasteiger partial charge in [0.25, 0.3) is 5.91 Å². The summed E-state index contributed by atoms with van der Waals surface area (Å²) in [5.41, 5.74) is -0.512. The van der Waals surface area contributed by atoms with Crippen LogP contribution in [-0.2, 0) is 0 Å². The van der Waals surface area contributed by atoms with E-state index in [0.29, 0.717) is 4.47 Å². The van der Waals surface area contributed by atoms with Crippen LogP contribution in [0.15, 0.2) is 16.6 Å². The molecule has 0 spiro atoms. The second-order valence-electron chi connectivity index (χ2n) is 4.26. The third-order valence-corrected chi connectivity index (χ3v) is 3.11. The number of amides is 1. The van der Waals surface area contributed by atoms with Gasteiger partial charge in [-0.1, -0.05) is 15.9 Å². The van der Waals surface area contributed by atoms with Crippen molar-refractivity contribution in [2.24, 2.45) is 0 Å². The van der Waals surface area contributed by atoms with Gasteiger partial charge in [0, 0.05) is 10.0 Å². The van der Waals surface area contributed by atoms with Crippen LogP contribution >= 0.6 is 15.9 Å². The Kier molecular flexibility index (Phi) is 2.74. The van der Waals surface area contributed by atoms with Crippen molar-refractivity contribution in [2.45, 2.75) is 25.3 Å². The number of carbonyl (C=O) groups excluding carboxylic acids is 1. The molecule has 0 atom stereocenters. The van der Waals surface area contributed by atoms with Crippen molar-refractivity contribution in [1.29, 1.82) is 0 Å². The fourth-order valence-electron chi connectivity index (χ4n) is 1.38. The van der Waals surface area contributed by atoms with Crippen molar-refractivity contribution in [3.8, 4) is 0 Å². The van der Waals surface area contributed by atoms with E-state index in [0.717, 1.165) is 18.9 Å². The number of benzene rings is 1. The van der Waals surface area contributed by atoms with Gasteiger partial charge in [0.05, 0.1) is 5.56 Å². The predicted molar refractivity (Wildman–Crippen MR) is 59.2 cm³/mol. The highest BCUT2D eigenvalue weighted by atomic mass is 79.9. The number of hydrogen-bond donors (Lipinski definition) is 1. The average Bonchev–Trinajstić information content (AvgIpc) is 2.89. The first kappa shape index (κ1) is 11.5. The normalized spacial score (nSPS) is 17.0. The molecule has 16 heavy (non-hydrogen) atoms. The molecule has 1 amide bonds. The molecule has 1 N–H and O–H groups in total. The van der Waals surface area contributed by atoms with E-state index in [4.69, 9.17) is 0 Å². The second-order valence-corrected chi connectivity index (χ2v) is 5.18. The van der Waals surface area contributed by atoms with Crippen molar-refractivity contribution in [3.05, 3.63) is 33.8 Å². The van der Waals surface area contributed by atoms with Gasteiger partial charge in [0.2, 0.25) is 0 Å². The summed E-state index contributed by atoms with van der Waals surface area (Å²) >= 11 is 3.02. The topological polar surface area (TPSA) is 29.1 Å². The second kappa shape index (κ2) is 3.80. The molecule has 0 heterocycles. The molecule has 0 saturated heterocycles. The van der Waals surface area contributed by atoms with Crippen molar-refractivity contribution in [2.75, 3.05) is 0 Å². The van der Waals surface area contributed by atoms with E-state index >= 15 is 0 Å². The van der Waals surface area contributed by atoms with E-state index in [1.54, 1.807) is 0 Å². The number of rotatable bonds is 2. The first-order chi connectivity index (χ1) is 7.41. The smallest absolute Gasteiger partial charge is 0.254 e. The van der Waals surface area contributed by atoms with Gasteiger partial charge in [0.15, 0.2) is 11.6 Å². The Balaban J connectivity index is 2.28. The van der Waals surface area contributed by atoms with E-state index in [9.17, 15) is 13.6 Å². The Morgan fingerprint density at radius 2 is 2.06 bits per heavy atom. The molecular weight excluding hydrogens is 280 g/mol. The molecule has 1 saturated carbocycles. The third kappa shape index (κ3) is 2.24. The molecule has 0 aliphatic heterocycles. The summed E-state index contributed by atoms with van der Waals surface area (Å²) in [6.07, 6.45) is 1.74. The Morgan fingerprint density at radius 3 is 2.62 bits per heavy atom. The summed E-state index contributed by atoms with van der Waals surface area (Å²) in [6, 6.07) is 2.27. The highest BCUT2D eigenvalue weighted by Gasteiger charge is 2.39. The molecule has 1 aliphatic carbocycles. The van der Waals surface area contributed by atoms with Gasteiger partial charge < -0.3 is 5.32 Å². The van der Waals surface area contributed by atoms with Gasteiger partial charge in [-0.2, -0.15) is 0 Å². The highest BCUT2D eigenvalue weighted by Crippen LogP contribution is 2.34. The molecule has 0 aromatic heterocycles. The summed E-state index contributed by atoms with van der Waals surface area (Å²) in [5, 5.41) is 2.68. The molecule has 0 unspecified atom stereocenters. The molecule has 1 aromatic carbocycles. The fourth-order valence-corrected chi connectivity index (χ4v) is 1.81. The number of nitrogens with one attached hydrogen (secondary N) is 1. The number of halogens is 3. The Bertz CT molecular complexity index is 458.